The van der Waals surface area contributed by atoms with Gasteiger partial charge in [0.1, 0.15) is 5.82 Å². The Morgan fingerprint density at radius 3 is 2.69 bits per heavy atom. The molecule has 0 amide bonds. The Labute approximate surface area is 81.8 Å². The second-order valence-electron chi connectivity index (χ2n) is 2.80. The third-order valence-electron chi connectivity index (χ3n) is 1.94. The number of benzene rings is 1. The van der Waals surface area contributed by atoms with Gasteiger partial charge in [-0.2, -0.15) is 0 Å². The fourth-order valence-electron chi connectivity index (χ4n) is 1.28. The van der Waals surface area contributed by atoms with Crippen LogP contribution < -0.4 is 0 Å². The van der Waals surface area contributed by atoms with Crippen molar-refractivity contribution in [3.05, 3.63) is 47.5 Å². The molecule has 0 aliphatic carbocycles. The molecule has 66 valence electrons. The van der Waals surface area contributed by atoms with Gasteiger partial charge >= 0.3 is 0 Å². The molecule has 1 heterocycles. The molecule has 0 saturated heterocycles. The molecule has 0 N–H and O–H groups in total. The number of nitrogens with zero attached hydrogens (tertiary/aromatic N) is 2. The zero-order valence-electron chi connectivity index (χ0n) is 7.24. The van der Waals surface area contributed by atoms with Crippen molar-refractivity contribution < 1.29 is 0 Å². The Hall–Kier alpha value is -1.28. The van der Waals surface area contributed by atoms with Gasteiger partial charge in [-0.25, -0.2) is 4.98 Å². The Bertz CT molecular complexity index is 420. The van der Waals surface area contributed by atoms with Crippen molar-refractivity contribution in [3.63, 3.8) is 0 Å². The number of rotatable bonds is 1. The van der Waals surface area contributed by atoms with Gasteiger partial charge in [-0.3, -0.25) is 0 Å². The van der Waals surface area contributed by atoms with Gasteiger partial charge in [0.15, 0.2) is 0 Å². The minimum absolute atomic E-state index is 0.739. The van der Waals surface area contributed by atoms with Crippen molar-refractivity contribution in [1.29, 1.82) is 0 Å². The molecule has 3 heteroatoms. The van der Waals surface area contributed by atoms with Gasteiger partial charge in [0.2, 0.25) is 0 Å². The van der Waals surface area contributed by atoms with E-state index < -0.39 is 0 Å². The molecule has 2 rings (SSSR count). The Kier molecular flexibility index (Phi) is 2.07. The number of hydrogen-bond acceptors (Lipinski definition) is 1. The van der Waals surface area contributed by atoms with Crippen molar-refractivity contribution in [3.8, 4) is 5.69 Å². The highest BCUT2D eigenvalue weighted by Crippen LogP contribution is 2.20. The highest BCUT2D eigenvalue weighted by molar-refractivity contribution is 6.32. The van der Waals surface area contributed by atoms with Crippen LogP contribution in [-0.4, -0.2) is 9.55 Å². The highest BCUT2D eigenvalue weighted by atomic mass is 35.5. The number of para-hydroxylation sites is 1. The number of hydrogen-bond donors (Lipinski definition) is 0. The monoisotopic (exact) mass is 192 g/mol. The first kappa shape index (κ1) is 8.32. The molecule has 0 spiro atoms. The van der Waals surface area contributed by atoms with E-state index in [1.165, 1.54) is 0 Å². The van der Waals surface area contributed by atoms with Crippen LogP contribution in [0.2, 0.25) is 5.02 Å². The average molecular weight is 193 g/mol. The molecule has 0 aliphatic rings. The van der Waals surface area contributed by atoms with E-state index in [0.717, 1.165) is 16.5 Å². The maximum atomic E-state index is 6.04. The van der Waals surface area contributed by atoms with E-state index in [1.807, 2.05) is 42.0 Å². The van der Waals surface area contributed by atoms with Gasteiger partial charge in [0.25, 0.3) is 0 Å². The van der Waals surface area contributed by atoms with Gasteiger partial charge in [0.05, 0.1) is 10.7 Å². The van der Waals surface area contributed by atoms with E-state index in [-0.39, 0.29) is 0 Å². The predicted molar refractivity (Wildman–Crippen MR) is 53.3 cm³/mol. The smallest absolute Gasteiger partial charge is 0.110 e. The first-order valence-corrected chi connectivity index (χ1v) is 4.41. The van der Waals surface area contributed by atoms with Crippen LogP contribution in [0.5, 0.6) is 0 Å². The van der Waals surface area contributed by atoms with E-state index in [1.54, 1.807) is 6.20 Å². The van der Waals surface area contributed by atoms with Crippen LogP contribution in [0.25, 0.3) is 5.69 Å². The summed E-state index contributed by atoms with van der Waals surface area (Å²) < 4.78 is 1.96. The summed E-state index contributed by atoms with van der Waals surface area (Å²) in [4.78, 5) is 4.14. The zero-order chi connectivity index (χ0) is 9.26. The van der Waals surface area contributed by atoms with Crippen molar-refractivity contribution in [1.82, 2.24) is 9.55 Å². The SMILES string of the molecule is Cc1nccn1-c1ccccc1Cl. The molecule has 0 saturated carbocycles. The van der Waals surface area contributed by atoms with Gasteiger partial charge in [0, 0.05) is 12.4 Å². The average Bonchev–Trinajstić information content (AvgIpc) is 2.52. The standard InChI is InChI=1S/C10H9ClN2/c1-8-12-6-7-13(8)10-5-3-2-4-9(10)11/h2-7H,1H3. The van der Waals surface area contributed by atoms with E-state index in [4.69, 9.17) is 11.6 Å². The lowest BCUT2D eigenvalue weighted by molar-refractivity contribution is 0.975. The maximum absolute atomic E-state index is 6.04. The highest BCUT2D eigenvalue weighted by Gasteiger charge is 2.02. The van der Waals surface area contributed by atoms with E-state index in [0.29, 0.717) is 0 Å². The summed E-state index contributed by atoms with van der Waals surface area (Å²) in [6, 6.07) is 7.71. The van der Waals surface area contributed by atoms with Crippen molar-refractivity contribution in [2.75, 3.05) is 0 Å². The first-order valence-electron chi connectivity index (χ1n) is 4.04. The molecule has 0 atom stereocenters. The van der Waals surface area contributed by atoms with Gasteiger partial charge in [-0.15, -0.1) is 0 Å². The predicted octanol–water partition coefficient (Wildman–Crippen LogP) is 2.83. The van der Waals surface area contributed by atoms with Crippen molar-refractivity contribution >= 4 is 11.6 Å². The number of imidazole rings is 1. The molecule has 1 aromatic heterocycles. The molecule has 0 radical (unpaired) electrons. The number of aromatic nitrogens is 2. The summed E-state index contributed by atoms with van der Waals surface area (Å²) in [6.45, 7) is 1.95. The minimum atomic E-state index is 0.739. The molecule has 2 aromatic rings. The van der Waals surface area contributed by atoms with E-state index in [9.17, 15) is 0 Å². The van der Waals surface area contributed by atoms with Crippen LogP contribution >= 0.6 is 11.6 Å². The fraction of sp³-hybridized carbons (Fsp3) is 0.100. The molecule has 0 bridgehead atoms. The van der Waals surface area contributed by atoms with Crippen LogP contribution in [0.1, 0.15) is 5.82 Å². The number of halogens is 1. The number of aryl methyl sites for hydroxylation is 1. The molecule has 0 aliphatic heterocycles. The fourth-order valence-corrected chi connectivity index (χ4v) is 1.51. The zero-order valence-corrected chi connectivity index (χ0v) is 7.99. The third kappa shape index (κ3) is 1.45. The summed E-state index contributed by atoms with van der Waals surface area (Å²) in [5.41, 5.74) is 0.971. The topological polar surface area (TPSA) is 17.8 Å². The maximum Gasteiger partial charge on any atom is 0.110 e. The summed E-state index contributed by atoms with van der Waals surface area (Å²) in [7, 11) is 0. The van der Waals surface area contributed by atoms with E-state index in [2.05, 4.69) is 4.98 Å². The van der Waals surface area contributed by atoms with Gasteiger partial charge < -0.3 is 4.57 Å². The molecule has 1 aromatic carbocycles. The van der Waals surface area contributed by atoms with Crippen LogP contribution in [0.15, 0.2) is 36.7 Å². The second-order valence-corrected chi connectivity index (χ2v) is 3.20. The van der Waals surface area contributed by atoms with Crippen LogP contribution in [0, 0.1) is 6.92 Å². The van der Waals surface area contributed by atoms with Gasteiger partial charge in [-0.05, 0) is 19.1 Å². The Morgan fingerprint density at radius 1 is 1.31 bits per heavy atom. The molecule has 0 unspecified atom stereocenters. The lowest BCUT2D eigenvalue weighted by Crippen LogP contribution is -1.95. The summed E-state index contributed by atoms with van der Waals surface area (Å²) in [6.07, 6.45) is 3.66. The van der Waals surface area contributed by atoms with Gasteiger partial charge in [-0.1, -0.05) is 23.7 Å². The van der Waals surface area contributed by atoms with Crippen molar-refractivity contribution in [2.45, 2.75) is 6.92 Å². The molecule has 0 fully saturated rings. The lowest BCUT2D eigenvalue weighted by Gasteiger charge is -2.05. The Balaban J connectivity index is 2.59. The second kappa shape index (κ2) is 3.23. The van der Waals surface area contributed by atoms with E-state index >= 15 is 0 Å². The minimum Gasteiger partial charge on any atom is -0.302 e. The molecular formula is C10H9ClN2. The lowest BCUT2D eigenvalue weighted by atomic mass is 10.3. The third-order valence-corrected chi connectivity index (χ3v) is 2.26. The molecular weight excluding hydrogens is 184 g/mol. The van der Waals surface area contributed by atoms with Crippen LogP contribution in [0.3, 0.4) is 0 Å². The first-order chi connectivity index (χ1) is 6.29. The Morgan fingerprint density at radius 2 is 2.08 bits per heavy atom. The normalized spacial score (nSPS) is 10.3. The van der Waals surface area contributed by atoms with Crippen molar-refractivity contribution in [2.24, 2.45) is 0 Å². The summed E-state index contributed by atoms with van der Waals surface area (Å²) in [5.74, 6) is 0.938. The van der Waals surface area contributed by atoms with Crippen LogP contribution in [0.4, 0.5) is 0 Å². The molecule has 2 nitrogen and oxygen atoms in total. The quantitative estimate of drug-likeness (QED) is 0.680. The summed E-state index contributed by atoms with van der Waals surface area (Å²) >= 11 is 6.04. The largest absolute Gasteiger partial charge is 0.302 e. The van der Waals surface area contributed by atoms with Crippen LogP contribution in [-0.2, 0) is 0 Å². The summed E-state index contributed by atoms with van der Waals surface area (Å²) in [5, 5.41) is 0.739. The molecule has 13 heavy (non-hydrogen) atoms.